The van der Waals surface area contributed by atoms with Crippen LogP contribution >= 0.6 is 0 Å². The molecule has 3 heteroatoms. The molecule has 88 valence electrons. The van der Waals surface area contributed by atoms with E-state index in [0.717, 1.165) is 12.1 Å². The third kappa shape index (κ3) is 2.74. The van der Waals surface area contributed by atoms with Crippen LogP contribution in [0.1, 0.15) is 30.4 Å². The molecule has 16 heavy (non-hydrogen) atoms. The fourth-order valence-electron chi connectivity index (χ4n) is 2.28. The third-order valence-corrected chi connectivity index (χ3v) is 3.22. The molecule has 1 fully saturated rings. The summed E-state index contributed by atoms with van der Waals surface area (Å²) < 4.78 is 0. The third-order valence-electron chi connectivity index (χ3n) is 3.22. The molecule has 0 amide bonds. The van der Waals surface area contributed by atoms with Crippen molar-refractivity contribution in [2.24, 2.45) is 5.73 Å². The monoisotopic (exact) mass is 220 g/mol. The predicted molar refractivity (Wildman–Crippen MR) is 65.1 cm³/mol. The molecule has 0 bridgehead atoms. The molecule has 1 aliphatic rings. The van der Waals surface area contributed by atoms with Gasteiger partial charge in [0, 0.05) is 18.7 Å². The van der Waals surface area contributed by atoms with Crippen LogP contribution in [0.25, 0.3) is 0 Å². The van der Waals surface area contributed by atoms with E-state index < -0.39 is 0 Å². The first kappa shape index (κ1) is 11.4. The first-order chi connectivity index (χ1) is 7.79. The van der Waals surface area contributed by atoms with E-state index in [2.05, 4.69) is 4.90 Å². The van der Waals surface area contributed by atoms with Crippen molar-refractivity contribution in [3.05, 3.63) is 29.3 Å². The Balaban J connectivity index is 2.03. The van der Waals surface area contributed by atoms with E-state index in [4.69, 9.17) is 5.73 Å². The zero-order valence-corrected chi connectivity index (χ0v) is 9.65. The van der Waals surface area contributed by atoms with Gasteiger partial charge in [0.2, 0.25) is 0 Å². The number of piperidine rings is 1. The molecule has 1 aromatic carbocycles. The molecular weight excluding hydrogens is 200 g/mol. The fourth-order valence-corrected chi connectivity index (χ4v) is 2.28. The molecule has 1 saturated heterocycles. The number of hydrogen-bond donors (Lipinski definition) is 2. The van der Waals surface area contributed by atoms with Crippen molar-refractivity contribution in [2.75, 3.05) is 13.1 Å². The SMILES string of the molecule is NCc1cc(CN2CCCCC2)ccc1O. The number of likely N-dealkylation sites (tertiary alicyclic amines) is 1. The van der Waals surface area contributed by atoms with Crippen molar-refractivity contribution < 1.29 is 5.11 Å². The lowest BCUT2D eigenvalue weighted by Crippen LogP contribution is -2.29. The summed E-state index contributed by atoms with van der Waals surface area (Å²) in [6.45, 7) is 3.77. The highest BCUT2D eigenvalue weighted by Gasteiger charge is 2.11. The number of rotatable bonds is 3. The molecule has 0 atom stereocenters. The molecule has 3 nitrogen and oxygen atoms in total. The second-order valence-corrected chi connectivity index (χ2v) is 4.50. The molecule has 0 aliphatic carbocycles. The maximum atomic E-state index is 9.55. The minimum atomic E-state index is 0.310. The van der Waals surface area contributed by atoms with Gasteiger partial charge in [-0.05, 0) is 43.6 Å². The smallest absolute Gasteiger partial charge is 0.120 e. The number of nitrogens with two attached hydrogens (primary N) is 1. The summed E-state index contributed by atoms with van der Waals surface area (Å²) in [5.41, 5.74) is 7.67. The number of phenols is 1. The highest BCUT2D eigenvalue weighted by atomic mass is 16.3. The van der Waals surface area contributed by atoms with Gasteiger partial charge in [-0.3, -0.25) is 4.90 Å². The van der Waals surface area contributed by atoms with Crippen LogP contribution in [0.5, 0.6) is 5.75 Å². The second kappa shape index (κ2) is 5.32. The maximum absolute atomic E-state index is 9.55. The molecule has 0 radical (unpaired) electrons. The normalized spacial score (nSPS) is 17.6. The van der Waals surface area contributed by atoms with Crippen molar-refractivity contribution in [3.63, 3.8) is 0 Å². The largest absolute Gasteiger partial charge is 0.508 e. The quantitative estimate of drug-likeness (QED) is 0.817. The fraction of sp³-hybridized carbons (Fsp3) is 0.538. The van der Waals surface area contributed by atoms with Crippen LogP contribution in [0.2, 0.25) is 0 Å². The van der Waals surface area contributed by atoms with Crippen molar-refractivity contribution in [1.82, 2.24) is 4.90 Å². The van der Waals surface area contributed by atoms with E-state index in [1.54, 1.807) is 6.07 Å². The van der Waals surface area contributed by atoms with Gasteiger partial charge in [-0.15, -0.1) is 0 Å². The molecule has 1 heterocycles. The maximum Gasteiger partial charge on any atom is 0.120 e. The highest BCUT2D eigenvalue weighted by Crippen LogP contribution is 2.20. The van der Waals surface area contributed by atoms with E-state index in [1.807, 2.05) is 12.1 Å². The van der Waals surface area contributed by atoms with Gasteiger partial charge in [0.05, 0.1) is 0 Å². The van der Waals surface area contributed by atoms with Gasteiger partial charge in [0.15, 0.2) is 0 Å². The number of phenolic OH excluding ortho intramolecular Hbond substituents is 1. The van der Waals surface area contributed by atoms with Crippen LogP contribution < -0.4 is 5.73 Å². The molecule has 0 aromatic heterocycles. The van der Waals surface area contributed by atoms with E-state index in [1.165, 1.54) is 37.9 Å². The Kier molecular flexibility index (Phi) is 3.80. The summed E-state index contributed by atoms with van der Waals surface area (Å²) >= 11 is 0. The average Bonchev–Trinajstić information content (AvgIpc) is 2.33. The van der Waals surface area contributed by atoms with Crippen molar-refractivity contribution >= 4 is 0 Å². The summed E-state index contributed by atoms with van der Waals surface area (Å²) in [5.74, 6) is 0.310. The predicted octanol–water partition coefficient (Wildman–Crippen LogP) is 1.84. The Bertz CT molecular complexity index is 346. The van der Waals surface area contributed by atoms with Crippen LogP contribution in [0, 0.1) is 0 Å². The summed E-state index contributed by atoms with van der Waals surface area (Å²) in [7, 11) is 0. The van der Waals surface area contributed by atoms with Gasteiger partial charge in [-0.2, -0.15) is 0 Å². The Hall–Kier alpha value is -1.06. The van der Waals surface area contributed by atoms with Gasteiger partial charge < -0.3 is 10.8 Å². The molecule has 2 rings (SSSR count). The summed E-state index contributed by atoms with van der Waals surface area (Å²) in [4.78, 5) is 2.47. The zero-order chi connectivity index (χ0) is 11.4. The Morgan fingerprint density at radius 1 is 1.19 bits per heavy atom. The highest BCUT2D eigenvalue weighted by molar-refractivity contribution is 5.35. The van der Waals surface area contributed by atoms with Gasteiger partial charge in [0.25, 0.3) is 0 Å². The van der Waals surface area contributed by atoms with Crippen molar-refractivity contribution in [1.29, 1.82) is 0 Å². The molecular formula is C13H20N2O. The minimum absolute atomic E-state index is 0.310. The van der Waals surface area contributed by atoms with Crippen LogP contribution in [0.15, 0.2) is 18.2 Å². The lowest BCUT2D eigenvalue weighted by Gasteiger charge is -2.26. The van der Waals surface area contributed by atoms with E-state index in [9.17, 15) is 5.11 Å². The molecule has 0 spiro atoms. The van der Waals surface area contributed by atoms with Crippen LogP contribution in [-0.4, -0.2) is 23.1 Å². The first-order valence-corrected chi connectivity index (χ1v) is 6.03. The Labute approximate surface area is 96.9 Å². The molecule has 1 aliphatic heterocycles. The van der Waals surface area contributed by atoms with Gasteiger partial charge in [0.1, 0.15) is 5.75 Å². The topological polar surface area (TPSA) is 49.5 Å². The average molecular weight is 220 g/mol. The number of benzene rings is 1. The molecule has 3 N–H and O–H groups in total. The number of hydrogen-bond acceptors (Lipinski definition) is 3. The van der Waals surface area contributed by atoms with Crippen molar-refractivity contribution in [3.8, 4) is 5.75 Å². The molecule has 0 saturated carbocycles. The van der Waals surface area contributed by atoms with Gasteiger partial charge in [-0.1, -0.05) is 12.5 Å². The second-order valence-electron chi connectivity index (χ2n) is 4.50. The van der Waals surface area contributed by atoms with E-state index in [-0.39, 0.29) is 0 Å². The standard InChI is InChI=1S/C13H20N2O/c14-9-12-8-11(4-5-13(12)16)10-15-6-2-1-3-7-15/h4-5,8,16H,1-3,6-7,9-10,14H2. The van der Waals surface area contributed by atoms with E-state index in [0.29, 0.717) is 12.3 Å². The molecule has 1 aromatic rings. The zero-order valence-electron chi connectivity index (χ0n) is 9.65. The molecule has 0 unspecified atom stereocenters. The van der Waals surface area contributed by atoms with Gasteiger partial charge in [-0.25, -0.2) is 0 Å². The van der Waals surface area contributed by atoms with Crippen LogP contribution in [0.3, 0.4) is 0 Å². The lowest BCUT2D eigenvalue weighted by molar-refractivity contribution is 0.221. The van der Waals surface area contributed by atoms with Crippen LogP contribution in [-0.2, 0) is 13.1 Å². The van der Waals surface area contributed by atoms with Gasteiger partial charge >= 0.3 is 0 Å². The number of nitrogens with zero attached hydrogens (tertiary/aromatic N) is 1. The summed E-state index contributed by atoms with van der Waals surface area (Å²) in [6, 6.07) is 5.76. The Morgan fingerprint density at radius 3 is 2.62 bits per heavy atom. The van der Waals surface area contributed by atoms with E-state index >= 15 is 0 Å². The summed E-state index contributed by atoms with van der Waals surface area (Å²) in [5, 5.41) is 9.55. The Morgan fingerprint density at radius 2 is 1.94 bits per heavy atom. The lowest BCUT2D eigenvalue weighted by atomic mass is 10.1. The first-order valence-electron chi connectivity index (χ1n) is 6.03. The number of aromatic hydroxyl groups is 1. The summed E-state index contributed by atoms with van der Waals surface area (Å²) in [6.07, 6.45) is 3.98. The van der Waals surface area contributed by atoms with Crippen molar-refractivity contribution in [2.45, 2.75) is 32.4 Å². The minimum Gasteiger partial charge on any atom is -0.508 e. The van der Waals surface area contributed by atoms with Crippen LogP contribution in [0.4, 0.5) is 0 Å².